The third-order valence-corrected chi connectivity index (χ3v) is 5.95. The second kappa shape index (κ2) is 26.4. The predicted molar refractivity (Wildman–Crippen MR) is 163 cm³/mol. The summed E-state index contributed by atoms with van der Waals surface area (Å²) >= 11 is 0. The summed E-state index contributed by atoms with van der Waals surface area (Å²) in [5.74, 6) is -0.474. The van der Waals surface area contributed by atoms with Crippen LogP contribution in [0.5, 0.6) is 0 Å². The minimum atomic E-state index is -4.51. The molecular formula is C30H50LiNO7P. The number of nitrogens with zero attached hydrogens (tertiary/aromatic N) is 1. The van der Waals surface area contributed by atoms with E-state index in [-0.39, 0.29) is 38.5 Å². The topological polar surface area (TPSA) is 105 Å². The van der Waals surface area contributed by atoms with Gasteiger partial charge in [0.25, 0.3) is 7.82 Å². The van der Waals surface area contributed by atoms with Gasteiger partial charge in [-0.05, 0) is 44.9 Å². The van der Waals surface area contributed by atoms with E-state index < -0.39 is 26.5 Å². The first-order valence-electron chi connectivity index (χ1n) is 13.7. The van der Waals surface area contributed by atoms with Gasteiger partial charge in [-0.2, -0.15) is 0 Å². The maximum absolute atomic E-state index is 11.8. The van der Waals surface area contributed by atoms with Crippen LogP contribution in [-0.4, -0.2) is 88.0 Å². The number of allylic oxidation sites excluding steroid dienone is 12. The van der Waals surface area contributed by atoms with Crippen molar-refractivity contribution in [3.8, 4) is 0 Å². The van der Waals surface area contributed by atoms with Crippen LogP contribution < -0.4 is 4.89 Å². The Kier molecular flexibility index (Phi) is 26.9. The van der Waals surface area contributed by atoms with E-state index in [4.69, 9.17) is 9.26 Å². The van der Waals surface area contributed by atoms with Crippen molar-refractivity contribution < 1.29 is 37.6 Å². The molecule has 2 atom stereocenters. The summed E-state index contributed by atoms with van der Waals surface area (Å²) in [5, 5.41) is 9.80. The quantitative estimate of drug-likeness (QED) is 0.0588. The molecule has 10 heteroatoms. The Labute approximate surface area is 254 Å². The van der Waals surface area contributed by atoms with Crippen molar-refractivity contribution in [2.45, 2.75) is 64.4 Å². The molecule has 0 aliphatic heterocycles. The fourth-order valence-electron chi connectivity index (χ4n) is 2.79. The molecule has 8 nitrogen and oxygen atoms in total. The van der Waals surface area contributed by atoms with E-state index in [2.05, 4.69) is 72.2 Å². The molecule has 0 rings (SSSR count). The first-order chi connectivity index (χ1) is 18.6. The van der Waals surface area contributed by atoms with Crippen LogP contribution in [0.25, 0.3) is 0 Å². The molecule has 0 bridgehead atoms. The Morgan fingerprint density at radius 1 is 0.800 bits per heavy atom. The number of rotatable bonds is 23. The number of carbonyl (C=O) groups is 1. The molecule has 40 heavy (non-hydrogen) atoms. The van der Waals surface area contributed by atoms with E-state index >= 15 is 0 Å². The van der Waals surface area contributed by atoms with E-state index in [1.807, 2.05) is 33.3 Å². The maximum Gasteiger partial charge on any atom is 0.306 e. The third kappa shape index (κ3) is 31.1. The van der Waals surface area contributed by atoms with Gasteiger partial charge in [0.15, 0.2) is 0 Å². The molecule has 0 saturated heterocycles. The average molecular weight is 575 g/mol. The molecule has 0 aliphatic rings. The van der Waals surface area contributed by atoms with Gasteiger partial charge in [0.05, 0.1) is 27.7 Å². The van der Waals surface area contributed by atoms with Crippen LogP contribution in [0.3, 0.4) is 0 Å². The van der Waals surface area contributed by atoms with Gasteiger partial charge in [0.2, 0.25) is 0 Å². The van der Waals surface area contributed by atoms with Crippen molar-refractivity contribution >= 4 is 32.7 Å². The minimum Gasteiger partial charge on any atom is -0.756 e. The van der Waals surface area contributed by atoms with E-state index in [9.17, 15) is 19.4 Å². The Hall–Kier alpha value is -1.46. The van der Waals surface area contributed by atoms with Gasteiger partial charge in [-0.1, -0.05) is 79.8 Å². The van der Waals surface area contributed by atoms with Crippen molar-refractivity contribution in [1.29, 1.82) is 0 Å². The van der Waals surface area contributed by atoms with Crippen LogP contribution in [0.15, 0.2) is 72.9 Å². The molecule has 0 heterocycles. The molecule has 0 aliphatic carbocycles. The number of phosphoric ester groups is 1. The Balaban J connectivity index is 0. The number of aliphatic hydroxyl groups excluding tert-OH is 1. The van der Waals surface area contributed by atoms with Crippen molar-refractivity contribution in [3.05, 3.63) is 72.9 Å². The number of phosphoric acid groups is 1. The summed E-state index contributed by atoms with van der Waals surface area (Å²) in [6.07, 6.45) is 30.5. The van der Waals surface area contributed by atoms with Crippen LogP contribution in [0.2, 0.25) is 0 Å². The number of likely N-dealkylation sites (N-methyl/N-ethyl adjacent to an activating group) is 1. The number of aliphatic hydroxyl groups is 1. The summed E-state index contributed by atoms with van der Waals surface area (Å²) in [6.45, 7) is 1.71. The van der Waals surface area contributed by atoms with Crippen molar-refractivity contribution in [3.63, 3.8) is 0 Å². The Bertz CT molecular complexity index is 861. The van der Waals surface area contributed by atoms with Crippen LogP contribution in [-0.2, 0) is 23.1 Å². The maximum atomic E-state index is 11.8. The second-order valence-electron chi connectivity index (χ2n) is 9.88. The molecule has 0 spiro atoms. The molecular weight excluding hydrogens is 524 g/mol. The molecule has 223 valence electrons. The predicted octanol–water partition coefficient (Wildman–Crippen LogP) is 5.20. The van der Waals surface area contributed by atoms with Gasteiger partial charge in [0.1, 0.15) is 25.9 Å². The second-order valence-corrected chi connectivity index (χ2v) is 11.3. The number of hydrogen-bond donors (Lipinski definition) is 1. The zero-order valence-corrected chi connectivity index (χ0v) is 26.2. The van der Waals surface area contributed by atoms with E-state index in [0.29, 0.717) is 17.4 Å². The van der Waals surface area contributed by atoms with Crippen LogP contribution >= 0.6 is 7.82 Å². The van der Waals surface area contributed by atoms with Gasteiger partial charge in [-0.15, -0.1) is 0 Å². The van der Waals surface area contributed by atoms with Crippen molar-refractivity contribution in [1.82, 2.24) is 0 Å². The SMILES string of the molecule is CC/C=C/C/C=C/C/C=C/C/C=C/C/C=C/C/C=C/CCC(=O)OCC(O)COP(=O)([O-])OCC[N+](C)(C)C.[Li]. The number of hydrogen-bond acceptors (Lipinski definition) is 7. The summed E-state index contributed by atoms with van der Waals surface area (Å²) in [6, 6.07) is 0. The van der Waals surface area contributed by atoms with Crippen LogP contribution in [0.1, 0.15) is 58.3 Å². The Morgan fingerprint density at radius 3 is 1.70 bits per heavy atom. The first-order valence-corrected chi connectivity index (χ1v) is 15.2. The average Bonchev–Trinajstić information content (AvgIpc) is 2.86. The summed E-state index contributed by atoms with van der Waals surface area (Å²) < 4.78 is 26.6. The first kappa shape index (κ1) is 40.7. The van der Waals surface area contributed by atoms with E-state index in [1.54, 1.807) is 0 Å². The number of carbonyl (C=O) groups excluding carboxylic acids is 1. The molecule has 0 saturated carbocycles. The van der Waals surface area contributed by atoms with Crippen LogP contribution in [0.4, 0.5) is 0 Å². The largest absolute Gasteiger partial charge is 0.756 e. The molecule has 1 radical (unpaired) electrons. The number of quaternary nitrogens is 1. The van der Waals surface area contributed by atoms with Gasteiger partial charge in [-0.25, -0.2) is 0 Å². The van der Waals surface area contributed by atoms with E-state index in [1.165, 1.54) is 0 Å². The molecule has 1 N–H and O–H groups in total. The fraction of sp³-hybridized carbons (Fsp3) is 0.567. The normalized spacial score (nSPS) is 15.2. The smallest absolute Gasteiger partial charge is 0.306 e. The fourth-order valence-corrected chi connectivity index (χ4v) is 3.53. The molecule has 0 fully saturated rings. The van der Waals surface area contributed by atoms with Gasteiger partial charge in [0, 0.05) is 25.3 Å². The molecule has 0 aromatic carbocycles. The third-order valence-electron chi connectivity index (χ3n) is 4.98. The van der Waals surface area contributed by atoms with Gasteiger partial charge >= 0.3 is 5.97 Å². The summed E-state index contributed by atoms with van der Waals surface area (Å²) in [7, 11) is 1.19. The van der Waals surface area contributed by atoms with Gasteiger partial charge < -0.3 is 28.3 Å². The molecule has 0 aromatic heterocycles. The standard InChI is InChI=1S/C30H50NO7P.Li/c1-5-6-7-8-9-10-11-12-13-14-15-16-17-18-19-20-21-22-23-24-30(33)36-27-29(32)28-38-39(34,35)37-26-25-31(2,3)4;/h6-7,9-10,12-13,15-16,18-19,21-22,29,32H,5,8,11,14,17,20,23-28H2,1-4H3;/b7-6+,10-9+,13-12+,16-15+,19-18+,22-21+;. The van der Waals surface area contributed by atoms with E-state index in [0.717, 1.165) is 38.5 Å². The molecule has 2 unspecified atom stereocenters. The molecule has 0 amide bonds. The zero-order valence-electron chi connectivity index (χ0n) is 25.3. The summed E-state index contributed by atoms with van der Waals surface area (Å²) in [4.78, 5) is 23.5. The summed E-state index contributed by atoms with van der Waals surface area (Å²) in [5.41, 5.74) is 0. The zero-order chi connectivity index (χ0) is 29.2. The van der Waals surface area contributed by atoms with Gasteiger partial charge in [-0.3, -0.25) is 9.36 Å². The minimum absolute atomic E-state index is 0. The Morgan fingerprint density at radius 2 is 1.25 bits per heavy atom. The number of ether oxygens (including phenoxy) is 1. The number of esters is 1. The van der Waals surface area contributed by atoms with Crippen molar-refractivity contribution in [2.75, 3.05) is 47.5 Å². The van der Waals surface area contributed by atoms with Crippen molar-refractivity contribution in [2.24, 2.45) is 0 Å². The monoisotopic (exact) mass is 574 g/mol. The van der Waals surface area contributed by atoms with Crippen LogP contribution in [0, 0.1) is 0 Å². The molecule has 0 aromatic rings.